The van der Waals surface area contributed by atoms with E-state index in [1.807, 2.05) is 6.92 Å². The van der Waals surface area contributed by atoms with Crippen molar-refractivity contribution in [2.24, 2.45) is 5.84 Å². The van der Waals surface area contributed by atoms with Gasteiger partial charge < -0.3 is 0 Å². The van der Waals surface area contributed by atoms with Crippen LogP contribution in [0.3, 0.4) is 0 Å². The molecule has 1 atom stereocenters. The van der Waals surface area contributed by atoms with Crippen molar-refractivity contribution < 1.29 is 4.39 Å². The van der Waals surface area contributed by atoms with Crippen LogP contribution in [0.4, 0.5) is 4.39 Å². The second-order valence-electron chi connectivity index (χ2n) is 3.67. The third-order valence-corrected chi connectivity index (χ3v) is 3.16. The van der Waals surface area contributed by atoms with Crippen molar-refractivity contribution in [1.82, 2.24) is 5.43 Å². The molecule has 0 heterocycles. The van der Waals surface area contributed by atoms with Gasteiger partial charge in [0.25, 0.3) is 0 Å². The first-order valence-electron chi connectivity index (χ1n) is 5.16. The molecule has 1 aromatic rings. The minimum absolute atomic E-state index is 0.232. The monoisotopic (exact) mass is 286 g/mol. The van der Waals surface area contributed by atoms with Crippen LogP contribution < -0.4 is 11.3 Å². The van der Waals surface area contributed by atoms with Gasteiger partial charge in [-0.2, -0.15) is 0 Å². The molecule has 2 nitrogen and oxygen atoms in total. The molecule has 0 fully saturated rings. The van der Waals surface area contributed by atoms with Crippen molar-refractivity contribution in [2.75, 3.05) is 0 Å². The molecule has 1 unspecified atom stereocenters. The molecule has 0 aliphatic heterocycles. The van der Waals surface area contributed by atoms with Crippen LogP contribution in [0.2, 0.25) is 0 Å². The summed E-state index contributed by atoms with van der Waals surface area (Å²) >= 11 is 3.16. The van der Waals surface area contributed by atoms with Gasteiger partial charge >= 0.3 is 0 Å². The van der Waals surface area contributed by atoms with Gasteiger partial charge in [0, 0.05) is 5.56 Å². The molecule has 0 spiro atoms. The molecule has 4 heteroatoms. The third-order valence-electron chi connectivity index (χ3n) is 2.55. The maximum absolute atomic E-state index is 13.8. The van der Waals surface area contributed by atoms with Crippen molar-refractivity contribution in [1.29, 1.82) is 0 Å². The SMILES string of the molecule is C=C(CC)CC(NN)c1cccc(Br)c1F. The highest BCUT2D eigenvalue weighted by Gasteiger charge is 2.16. The van der Waals surface area contributed by atoms with Crippen molar-refractivity contribution in [3.05, 3.63) is 46.2 Å². The maximum Gasteiger partial charge on any atom is 0.142 e. The smallest absolute Gasteiger partial charge is 0.142 e. The normalized spacial score (nSPS) is 12.5. The zero-order valence-corrected chi connectivity index (χ0v) is 10.8. The van der Waals surface area contributed by atoms with Crippen LogP contribution in [0.5, 0.6) is 0 Å². The first-order valence-corrected chi connectivity index (χ1v) is 5.96. The number of halogens is 2. The molecule has 1 rings (SSSR count). The molecule has 3 N–H and O–H groups in total. The summed E-state index contributed by atoms with van der Waals surface area (Å²) < 4.78 is 14.3. The fourth-order valence-electron chi connectivity index (χ4n) is 1.48. The van der Waals surface area contributed by atoms with Crippen LogP contribution in [0.1, 0.15) is 31.4 Å². The number of benzene rings is 1. The Morgan fingerprint density at radius 2 is 2.31 bits per heavy atom. The minimum atomic E-state index is -0.269. The van der Waals surface area contributed by atoms with E-state index in [9.17, 15) is 4.39 Å². The van der Waals surface area contributed by atoms with Crippen LogP contribution >= 0.6 is 15.9 Å². The molecule has 0 bridgehead atoms. The number of nitrogens with two attached hydrogens (primary N) is 1. The molecule has 16 heavy (non-hydrogen) atoms. The van der Waals surface area contributed by atoms with Gasteiger partial charge in [0.2, 0.25) is 0 Å². The molecule has 0 aromatic heterocycles. The molecule has 0 amide bonds. The van der Waals surface area contributed by atoms with Gasteiger partial charge in [-0.15, -0.1) is 0 Å². The summed E-state index contributed by atoms with van der Waals surface area (Å²) in [5.74, 6) is 5.18. The second-order valence-corrected chi connectivity index (χ2v) is 4.52. The van der Waals surface area contributed by atoms with Crippen molar-refractivity contribution in [2.45, 2.75) is 25.8 Å². The second kappa shape index (κ2) is 6.13. The van der Waals surface area contributed by atoms with Crippen molar-refractivity contribution >= 4 is 15.9 Å². The first-order chi connectivity index (χ1) is 7.60. The Balaban J connectivity index is 2.95. The molecule has 0 saturated heterocycles. The molecule has 0 radical (unpaired) electrons. The molecule has 0 aliphatic carbocycles. The quantitative estimate of drug-likeness (QED) is 0.494. The standard InChI is InChI=1S/C12H16BrFN2/c1-3-8(2)7-11(16-15)9-5-4-6-10(13)12(9)14/h4-6,11,16H,2-3,7,15H2,1H3. The Morgan fingerprint density at radius 3 is 2.88 bits per heavy atom. The average Bonchev–Trinajstić information content (AvgIpc) is 2.29. The Kier molecular flexibility index (Phi) is 5.12. The largest absolute Gasteiger partial charge is 0.271 e. The lowest BCUT2D eigenvalue weighted by Crippen LogP contribution is -2.29. The highest BCUT2D eigenvalue weighted by molar-refractivity contribution is 9.10. The summed E-state index contributed by atoms with van der Waals surface area (Å²) in [6, 6.07) is 4.96. The molecular weight excluding hydrogens is 271 g/mol. The average molecular weight is 287 g/mol. The fraction of sp³-hybridized carbons (Fsp3) is 0.333. The molecule has 0 aliphatic rings. The van der Waals surface area contributed by atoms with Crippen LogP contribution in [0.25, 0.3) is 0 Å². The Hall–Kier alpha value is -0.710. The minimum Gasteiger partial charge on any atom is -0.271 e. The van der Waals surface area contributed by atoms with E-state index in [2.05, 4.69) is 27.9 Å². The van der Waals surface area contributed by atoms with Gasteiger partial charge in [0.05, 0.1) is 10.5 Å². The highest BCUT2D eigenvalue weighted by Crippen LogP contribution is 2.27. The lowest BCUT2D eigenvalue weighted by atomic mass is 9.98. The molecule has 88 valence electrons. The maximum atomic E-state index is 13.8. The van der Waals surface area contributed by atoms with Gasteiger partial charge in [-0.3, -0.25) is 11.3 Å². The first kappa shape index (κ1) is 13.4. The lowest BCUT2D eigenvalue weighted by molar-refractivity contribution is 0.504. The summed E-state index contributed by atoms with van der Waals surface area (Å²) in [4.78, 5) is 0. The van der Waals surface area contributed by atoms with Crippen LogP contribution in [0, 0.1) is 5.82 Å². The van der Waals surface area contributed by atoms with E-state index >= 15 is 0 Å². The summed E-state index contributed by atoms with van der Waals surface area (Å²) in [7, 11) is 0. The topological polar surface area (TPSA) is 38.0 Å². The van der Waals surface area contributed by atoms with E-state index in [4.69, 9.17) is 5.84 Å². The van der Waals surface area contributed by atoms with Gasteiger partial charge in [0.1, 0.15) is 5.82 Å². The van der Waals surface area contributed by atoms with E-state index in [-0.39, 0.29) is 11.9 Å². The number of hydrogen-bond acceptors (Lipinski definition) is 2. The number of hydrogen-bond donors (Lipinski definition) is 2. The Bertz CT molecular complexity index is 379. The van der Waals surface area contributed by atoms with Crippen molar-refractivity contribution in [3.8, 4) is 0 Å². The predicted molar refractivity (Wildman–Crippen MR) is 68.2 cm³/mol. The van der Waals surface area contributed by atoms with Crippen molar-refractivity contribution in [3.63, 3.8) is 0 Å². The zero-order valence-electron chi connectivity index (χ0n) is 9.26. The van der Waals surface area contributed by atoms with E-state index in [0.717, 1.165) is 12.0 Å². The molecular formula is C12H16BrFN2. The van der Waals surface area contributed by atoms with Crippen LogP contribution in [-0.2, 0) is 0 Å². The van der Waals surface area contributed by atoms with Gasteiger partial charge in [-0.25, -0.2) is 4.39 Å². The van der Waals surface area contributed by atoms with E-state index < -0.39 is 0 Å². The molecule has 0 saturated carbocycles. The fourth-order valence-corrected chi connectivity index (χ4v) is 1.86. The number of hydrazine groups is 1. The number of nitrogens with one attached hydrogen (secondary N) is 1. The predicted octanol–water partition coefficient (Wildman–Crippen LogP) is 3.45. The van der Waals surface area contributed by atoms with Gasteiger partial charge in [-0.1, -0.05) is 31.2 Å². The Morgan fingerprint density at radius 1 is 1.62 bits per heavy atom. The number of rotatable bonds is 5. The van der Waals surface area contributed by atoms with Crippen LogP contribution in [0.15, 0.2) is 34.8 Å². The summed E-state index contributed by atoms with van der Waals surface area (Å²) in [6.45, 7) is 5.93. The lowest BCUT2D eigenvalue weighted by Gasteiger charge is -2.18. The summed E-state index contributed by atoms with van der Waals surface area (Å²) in [6.07, 6.45) is 1.51. The summed E-state index contributed by atoms with van der Waals surface area (Å²) in [5.41, 5.74) is 4.24. The van der Waals surface area contributed by atoms with E-state index in [1.54, 1.807) is 18.2 Å². The van der Waals surface area contributed by atoms with Gasteiger partial charge in [0.15, 0.2) is 0 Å². The highest BCUT2D eigenvalue weighted by atomic mass is 79.9. The summed E-state index contributed by atoms with van der Waals surface area (Å²) in [5, 5.41) is 0. The van der Waals surface area contributed by atoms with Crippen LogP contribution in [-0.4, -0.2) is 0 Å². The molecule has 1 aromatic carbocycles. The van der Waals surface area contributed by atoms with E-state index in [0.29, 0.717) is 16.5 Å². The zero-order chi connectivity index (χ0) is 12.1. The van der Waals surface area contributed by atoms with Gasteiger partial charge in [-0.05, 0) is 34.8 Å². The third kappa shape index (κ3) is 3.14. The Labute approximate surface area is 104 Å². The van der Waals surface area contributed by atoms with E-state index in [1.165, 1.54) is 0 Å².